The molecular formula is C13H10N2O3. The molecule has 2 heterocycles. The van der Waals surface area contributed by atoms with Crippen molar-refractivity contribution < 1.29 is 14.1 Å². The zero-order valence-electron chi connectivity index (χ0n) is 9.93. The Morgan fingerprint density at radius 3 is 2.56 bits per heavy atom. The fraction of sp³-hybridized carbons (Fsp3) is 0.154. The van der Waals surface area contributed by atoms with Crippen molar-refractivity contribution in [1.29, 1.82) is 0 Å². The Kier molecular flexibility index (Phi) is 2.10. The van der Waals surface area contributed by atoms with Crippen molar-refractivity contribution in [3.05, 3.63) is 41.3 Å². The number of ketones is 1. The summed E-state index contributed by atoms with van der Waals surface area (Å²) in [5.41, 5.74) is 2.15. The lowest BCUT2D eigenvalue weighted by atomic mass is 10.1. The third kappa shape index (κ3) is 1.24. The molecule has 5 nitrogen and oxygen atoms in total. The minimum absolute atomic E-state index is 0.419. The number of anilines is 2. The zero-order chi connectivity index (χ0) is 12.9. The van der Waals surface area contributed by atoms with Crippen LogP contribution in [0.5, 0.6) is 0 Å². The average Bonchev–Trinajstić information content (AvgIpc) is 2.81. The highest BCUT2D eigenvalue weighted by Gasteiger charge is 2.38. The van der Waals surface area contributed by atoms with Crippen molar-refractivity contribution in [1.82, 2.24) is 5.16 Å². The summed E-state index contributed by atoms with van der Waals surface area (Å²) in [6.45, 7) is 3.46. The molecule has 2 aromatic rings. The molecule has 0 spiro atoms. The lowest BCUT2D eigenvalue weighted by molar-refractivity contribution is -0.113. The van der Waals surface area contributed by atoms with Gasteiger partial charge in [0, 0.05) is 0 Å². The molecule has 90 valence electrons. The molecule has 1 aromatic heterocycles. The molecule has 5 heteroatoms. The normalized spacial score (nSPS) is 14.2. The van der Waals surface area contributed by atoms with E-state index in [0.29, 0.717) is 28.4 Å². The van der Waals surface area contributed by atoms with Gasteiger partial charge in [-0.15, -0.1) is 0 Å². The molecule has 0 unspecified atom stereocenters. The van der Waals surface area contributed by atoms with Gasteiger partial charge in [-0.25, -0.2) is 0 Å². The number of hydrogen-bond acceptors (Lipinski definition) is 4. The summed E-state index contributed by atoms with van der Waals surface area (Å²) >= 11 is 0. The second-order valence-electron chi connectivity index (χ2n) is 4.16. The lowest BCUT2D eigenvalue weighted by Crippen LogP contribution is -2.25. The topological polar surface area (TPSA) is 63.4 Å². The van der Waals surface area contributed by atoms with Gasteiger partial charge < -0.3 is 4.52 Å². The number of hydrogen-bond donors (Lipinski definition) is 0. The largest absolute Gasteiger partial charge is 0.359 e. The van der Waals surface area contributed by atoms with E-state index in [0.717, 1.165) is 0 Å². The minimum Gasteiger partial charge on any atom is -0.359 e. The Bertz CT molecular complexity index is 653. The van der Waals surface area contributed by atoms with Crippen molar-refractivity contribution in [2.45, 2.75) is 13.8 Å². The van der Waals surface area contributed by atoms with E-state index in [4.69, 9.17) is 4.52 Å². The number of carbonyl (C=O) groups is 2. The Hall–Kier alpha value is -2.43. The first kappa shape index (κ1) is 10.7. The molecule has 1 aliphatic rings. The Labute approximate surface area is 103 Å². The highest BCUT2D eigenvalue weighted by atomic mass is 16.5. The summed E-state index contributed by atoms with van der Waals surface area (Å²) in [6, 6.07) is 6.91. The average molecular weight is 242 g/mol. The van der Waals surface area contributed by atoms with Crippen molar-refractivity contribution in [2.24, 2.45) is 0 Å². The molecule has 0 radical (unpaired) electrons. The molecule has 1 aliphatic heterocycles. The maximum absolute atomic E-state index is 12.1. The summed E-state index contributed by atoms with van der Waals surface area (Å²) in [5, 5.41) is 3.81. The van der Waals surface area contributed by atoms with Gasteiger partial charge in [-0.2, -0.15) is 0 Å². The number of carbonyl (C=O) groups excluding carboxylic acids is 2. The van der Waals surface area contributed by atoms with Gasteiger partial charge in [0.05, 0.1) is 11.3 Å². The fourth-order valence-corrected chi connectivity index (χ4v) is 2.21. The summed E-state index contributed by atoms with van der Waals surface area (Å²) in [7, 11) is 0. The first-order valence-corrected chi connectivity index (χ1v) is 5.52. The van der Waals surface area contributed by atoms with Crippen LogP contribution in [0.3, 0.4) is 0 Å². The molecule has 0 saturated heterocycles. The molecule has 0 saturated carbocycles. The molecular weight excluding hydrogens is 232 g/mol. The Balaban J connectivity index is 2.26. The molecule has 18 heavy (non-hydrogen) atoms. The van der Waals surface area contributed by atoms with Crippen molar-refractivity contribution >= 4 is 23.1 Å². The third-order valence-electron chi connectivity index (χ3n) is 3.01. The maximum atomic E-state index is 12.1. The first-order valence-electron chi connectivity index (χ1n) is 5.52. The van der Waals surface area contributed by atoms with E-state index in [1.54, 1.807) is 38.1 Å². The van der Waals surface area contributed by atoms with Crippen molar-refractivity contribution in [3.8, 4) is 0 Å². The fourth-order valence-electron chi connectivity index (χ4n) is 2.21. The van der Waals surface area contributed by atoms with E-state index in [-0.39, 0.29) is 0 Å². The molecule has 0 atom stereocenters. The van der Waals surface area contributed by atoms with E-state index in [1.165, 1.54) is 4.90 Å². The number of rotatable bonds is 1. The number of aryl methyl sites for hydroxylation is 2. The minimum atomic E-state index is -0.564. The summed E-state index contributed by atoms with van der Waals surface area (Å²) in [4.78, 5) is 25.3. The van der Waals surface area contributed by atoms with Gasteiger partial charge in [0.25, 0.3) is 5.78 Å². The van der Waals surface area contributed by atoms with Crippen LogP contribution < -0.4 is 4.90 Å². The molecule has 0 fully saturated rings. The number of aromatic nitrogens is 1. The van der Waals surface area contributed by atoms with Gasteiger partial charge in [0.1, 0.15) is 11.4 Å². The van der Waals surface area contributed by atoms with Crippen LogP contribution in [0.15, 0.2) is 28.8 Å². The van der Waals surface area contributed by atoms with E-state index in [2.05, 4.69) is 5.16 Å². The number of Topliss-reactive ketones (excluding diaryl/α,β-unsaturated/α-hetero) is 1. The van der Waals surface area contributed by atoms with Crippen LogP contribution in [0.25, 0.3) is 0 Å². The zero-order valence-corrected chi connectivity index (χ0v) is 9.93. The Morgan fingerprint density at radius 2 is 1.89 bits per heavy atom. The molecule has 0 bridgehead atoms. The maximum Gasteiger partial charge on any atom is 0.304 e. The summed E-state index contributed by atoms with van der Waals surface area (Å²) in [5.74, 6) is -0.540. The predicted molar refractivity (Wildman–Crippen MR) is 63.9 cm³/mol. The van der Waals surface area contributed by atoms with Crippen LogP contribution >= 0.6 is 0 Å². The number of nitrogens with zero attached hydrogens (tertiary/aromatic N) is 2. The van der Waals surface area contributed by atoms with Crippen molar-refractivity contribution in [3.63, 3.8) is 0 Å². The summed E-state index contributed by atoms with van der Waals surface area (Å²) in [6.07, 6.45) is 0. The second-order valence-corrected chi connectivity index (χ2v) is 4.16. The van der Waals surface area contributed by atoms with E-state index >= 15 is 0 Å². The van der Waals surface area contributed by atoms with Gasteiger partial charge in [0.2, 0.25) is 0 Å². The van der Waals surface area contributed by atoms with Gasteiger partial charge in [-0.1, -0.05) is 17.3 Å². The van der Waals surface area contributed by atoms with Gasteiger partial charge >= 0.3 is 5.91 Å². The van der Waals surface area contributed by atoms with Crippen LogP contribution in [-0.2, 0) is 4.79 Å². The number of amides is 1. The monoisotopic (exact) mass is 242 g/mol. The van der Waals surface area contributed by atoms with Crippen molar-refractivity contribution in [2.75, 3.05) is 4.90 Å². The number of fused-ring (bicyclic) bond motifs is 1. The van der Waals surface area contributed by atoms with Gasteiger partial charge in [0.15, 0.2) is 5.76 Å². The number of para-hydroxylation sites is 1. The lowest BCUT2D eigenvalue weighted by Gasteiger charge is -2.15. The molecule has 0 aliphatic carbocycles. The first-order chi connectivity index (χ1) is 8.61. The van der Waals surface area contributed by atoms with Crippen LogP contribution in [0, 0.1) is 13.8 Å². The molecule has 1 aromatic carbocycles. The smallest absolute Gasteiger partial charge is 0.304 e. The van der Waals surface area contributed by atoms with E-state index < -0.39 is 11.7 Å². The quantitative estimate of drug-likeness (QED) is 0.719. The molecule has 0 N–H and O–H groups in total. The third-order valence-corrected chi connectivity index (χ3v) is 3.01. The molecule has 1 amide bonds. The Morgan fingerprint density at radius 1 is 1.17 bits per heavy atom. The SMILES string of the molecule is Cc1noc(C)c1N1C(=O)C(=O)c2ccccc21. The summed E-state index contributed by atoms with van der Waals surface area (Å²) < 4.78 is 5.05. The predicted octanol–water partition coefficient (Wildman–Crippen LogP) is 2.15. The number of benzene rings is 1. The van der Waals surface area contributed by atoms with Crippen LogP contribution in [0.4, 0.5) is 11.4 Å². The molecule has 3 rings (SSSR count). The van der Waals surface area contributed by atoms with Crippen LogP contribution in [0.1, 0.15) is 21.8 Å². The van der Waals surface area contributed by atoms with E-state index in [1.807, 2.05) is 0 Å². The highest BCUT2D eigenvalue weighted by Crippen LogP contribution is 2.38. The highest BCUT2D eigenvalue weighted by molar-refractivity contribution is 6.53. The standard InChI is InChI=1S/C13H10N2O3/c1-7-11(8(2)18-14-7)15-10-6-4-3-5-9(10)12(16)13(15)17/h3-6H,1-2H3. The van der Waals surface area contributed by atoms with Crippen LogP contribution in [0.2, 0.25) is 0 Å². The van der Waals surface area contributed by atoms with E-state index in [9.17, 15) is 9.59 Å². The van der Waals surface area contributed by atoms with Gasteiger partial charge in [-0.05, 0) is 26.0 Å². The van der Waals surface area contributed by atoms with Gasteiger partial charge in [-0.3, -0.25) is 14.5 Å². The second kappa shape index (κ2) is 3.53. The van der Waals surface area contributed by atoms with Crippen LogP contribution in [-0.4, -0.2) is 16.8 Å².